The predicted octanol–water partition coefficient (Wildman–Crippen LogP) is 4.03. The molecule has 0 nitrogen and oxygen atoms in total. The van der Waals surface area contributed by atoms with Gasteiger partial charge in [-0.2, -0.15) is 0 Å². The van der Waals surface area contributed by atoms with Crippen LogP contribution in [-0.4, -0.2) is 31.2 Å². The molecule has 22 heavy (non-hydrogen) atoms. The Kier molecular flexibility index (Phi) is 8.08. The SMILES string of the molecule is CCCC(I)[I-]P1CCC[C@H]1[C@@H]1CCCP1C1CC1CCC. The summed E-state index contributed by atoms with van der Waals surface area (Å²) in [7, 11) is 0.454. The molecule has 0 amide bonds. The van der Waals surface area contributed by atoms with Crippen LogP contribution < -0.4 is 20.7 Å². The van der Waals surface area contributed by atoms with E-state index >= 15 is 0 Å². The van der Waals surface area contributed by atoms with E-state index in [-0.39, 0.29) is 0 Å². The summed E-state index contributed by atoms with van der Waals surface area (Å²) >= 11 is 3.34. The average molecular weight is 565 g/mol. The van der Waals surface area contributed by atoms with Gasteiger partial charge in [-0.15, -0.1) is 0 Å². The molecule has 130 valence electrons. The van der Waals surface area contributed by atoms with Crippen LogP contribution in [0.4, 0.5) is 0 Å². The molecule has 0 aromatic heterocycles. The van der Waals surface area contributed by atoms with Gasteiger partial charge >= 0.3 is 166 Å². The van der Waals surface area contributed by atoms with Gasteiger partial charge in [-0.25, -0.2) is 0 Å². The van der Waals surface area contributed by atoms with Crippen molar-refractivity contribution in [3.8, 4) is 0 Å². The summed E-state index contributed by atoms with van der Waals surface area (Å²) in [4.78, 5) is 0. The Morgan fingerprint density at radius 3 is 2.59 bits per heavy atom. The zero-order valence-corrected chi connectivity index (χ0v) is 20.4. The van der Waals surface area contributed by atoms with Crippen LogP contribution in [0.3, 0.4) is 0 Å². The van der Waals surface area contributed by atoms with Gasteiger partial charge in [0, 0.05) is 0 Å². The van der Waals surface area contributed by atoms with E-state index in [4.69, 9.17) is 0 Å². The minimum atomic E-state index is 0.454. The van der Waals surface area contributed by atoms with Crippen LogP contribution in [-0.2, 0) is 0 Å². The van der Waals surface area contributed by atoms with Gasteiger partial charge < -0.3 is 0 Å². The molecule has 0 N–H and O–H groups in total. The van der Waals surface area contributed by atoms with Crippen LogP contribution in [0, 0.1) is 5.92 Å². The fourth-order valence-electron chi connectivity index (χ4n) is 4.62. The molecule has 0 spiro atoms. The Morgan fingerprint density at radius 1 is 1.05 bits per heavy atom. The van der Waals surface area contributed by atoms with E-state index < -0.39 is 0 Å². The van der Waals surface area contributed by atoms with Crippen molar-refractivity contribution in [1.82, 2.24) is 0 Å². The van der Waals surface area contributed by atoms with Crippen LogP contribution in [0.2, 0.25) is 0 Å². The first-order valence-corrected chi connectivity index (χ1v) is 18.1. The third kappa shape index (κ3) is 4.73. The number of halogens is 2. The molecule has 0 radical (unpaired) electrons. The fourth-order valence-corrected chi connectivity index (χ4v) is 27.8. The molecule has 3 aliphatic rings. The Hall–Kier alpha value is 2.32. The normalized spacial score (nSPS) is 42.9. The van der Waals surface area contributed by atoms with Gasteiger partial charge in [0.1, 0.15) is 0 Å². The summed E-state index contributed by atoms with van der Waals surface area (Å²) in [6.45, 7) is 4.77. The first-order chi connectivity index (χ1) is 10.7. The molecule has 2 heterocycles. The van der Waals surface area contributed by atoms with E-state index in [1.54, 1.807) is 50.8 Å². The van der Waals surface area contributed by atoms with Crippen molar-refractivity contribution in [3.05, 3.63) is 0 Å². The molecule has 1 saturated carbocycles. The summed E-state index contributed by atoms with van der Waals surface area (Å²) in [5.74, 6) is 1.18. The van der Waals surface area contributed by atoms with Crippen LogP contribution >= 0.6 is 36.1 Å². The Morgan fingerprint density at radius 2 is 1.82 bits per heavy atom. The summed E-state index contributed by atoms with van der Waals surface area (Å²) < 4.78 is 1.09. The Bertz CT molecular complexity index is 352. The molecule has 2 saturated heterocycles. The van der Waals surface area contributed by atoms with Crippen molar-refractivity contribution in [3.63, 3.8) is 0 Å². The molecule has 4 heteroatoms. The minimum absolute atomic E-state index is 0.454. The van der Waals surface area contributed by atoms with Gasteiger partial charge in [0.15, 0.2) is 0 Å². The number of alkyl halides is 2. The van der Waals surface area contributed by atoms with Crippen molar-refractivity contribution in [2.24, 2.45) is 5.92 Å². The zero-order chi connectivity index (χ0) is 15.5. The number of hydrogen-bond acceptors (Lipinski definition) is 0. The van der Waals surface area contributed by atoms with Crippen molar-refractivity contribution in [2.45, 2.75) is 90.5 Å². The van der Waals surface area contributed by atoms with Crippen LogP contribution in [0.5, 0.6) is 0 Å². The van der Waals surface area contributed by atoms with Crippen LogP contribution in [0.1, 0.15) is 71.6 Å². The fraction of sp³-hybridized carbons (Fsp3) is 1.00. The average Bonchev–Trinajstić information content (AvgIpc) is 2.89. The van der Waals surface area contributed by atoms with E-state index in [1.165, 1.54) is 42.2 Å². The predicted molar refractivity (Wildman–Crippen MR) is 109 cm³/mol. The first-order valence-electron chi connectivity index (χ1n) is 9.54. The summed E-state index contributed by atoms with van der Waals surface area (Å²) in [6.07, 6.45) is 17.4. The molecule has 0 aromatic carbocycles. The summed E-state index contributed by atoms with van der Waals surface area (Å²) in [5.41, 5.74) is 4.25. The Labute approximate surface area is 164 Å². The molecular weight excluding hydrogens is 532 g/mol. The quantitative estimate of drug-likeness (QED) is 0.237. The molecule has 2 aliphatic heterocycles. The van der Waals surface area contributed by atoms with Gasteiger partial charge in [-0.05, 0) is 0 Å². The van der Waals surface area contributed by atoms with Gasteiger partial charge in [-0.3, -0.25) is 0 Å². The third-order valence-electron chi connectivity index (χ3n) is 5.73. The second-order valence-corrected chi connectivity index (χ2v) is 23.1. The molecule has 0 bridgehead atoms. The first kappa shape index (κ1) is 19.1. The summed E-state index contributed by atoms with van der Waals surface area (Å²) in [5, 5.41) is 0. The van der Waals surface area contributed by atoms with Crippen molar-refractivity contribution < 1.29 is 20.7 Å². The van der Waals surface area contributed by atoms with Crippen LogP contribution in [0.25, 0.3) is 0 Å². The van der Waals surface area contributed by atoms with E-state index in [9.17, 15) is 0 Å². The maximum atomic E-state index is 2.82. The van der Waals surface area contributed by atoms with E-state index in [1.807, 2.05) is 0 Å². The molecule has 0 aromatic rings. The third-order valence-corrected chi connectivity index (χ3v) is 25.3. The van der Waals surface area contributed by atoms with Crippen molar-refractivity contribution in [2.75, 3.05) is 12.3 Å². The van der Waals surface area contributed by atoms with Gasteiger partial charge in [0.05, 0.1) is 0 Å². The Balaban J connectivity index is 1.57. The monoisotopic (exact) mass is 565 g/mol. The molecular formula is C18H33I2P2-. The standard InChI is InChI=1S/C18H33I2P2/c1-3-7-14-13-17(14)21-11-5-9-15(21)16-10-6-12-22(16)20-18(19)8-4-2/h14-18H,3-13H2,1-2H3/q-1/t14?,15-,16-,17?,18?,21?,22?/m0/s1. The molecule has 7 atom stereocenters. The van der Waals surface area contributed by atoms with Crippen LogP contribution in [0.15, 0.2) is 0 Å². The topological polar surface area (TPSA) is 0 Å². The molecule has 5 unspecified atom stereocenters. The second kappa shape index (κ2) is 9.31. The molecule has 3 fully saturated rings. The van der Waals surface area contributed by atoms with Gasteiger partial charge in [0.25, 0.3) is 0 Å². The van der Waals surface area contributed by atoms with Gasteiger partial charge in [-0.1, -0.05) is 0 Å². The number of hydrogen-bond donors (Lipinski definition) is 0. The summed E-state index contributed by atoms with van der Waals surface area (Å²) in [6, 6.07) is 0. The molecule has 1 aliphatic carbocycles. The van der Waals surface area contributed by atoms with Gasteiger partial charge in [0.2, 0.25) is 0 Å². The van der Waals surface area contributed by atoms with Crippen molar-refractivity contribution >= 4 is 36.1 Å². The van der Waals surface area contributed by atoms with E-state index in [2.05, 4.69) is 36.4 Å². The second-order valence-electron chi connectivity index (χ2n) is 7.41. The zero-order valence-electron chi connectivity index (χ0n) is 14.3. The van der Waals surface area contributed by atoms with E-state index in [0.717, 1.165) is 1.93 Å². The maximum absolute atomic E-state index is 2.82. The number of rotatable bonds is 8. The van der Waals surface area contributed by atoms with Crippen molar-refractivity contribution in [1.29, 1.82) is 0 Å². The van der Waals surface area contributed by atoms with E-state index in [0.29, 0.717) is 34.1 Å². The molecule has 3 rings (SSSR count).